The summed E-state index contributed by atoms with van der Waals surface area (Å²) in [6.07, 6.45) is 1.20. The second-order valence-electron chi connectivity index (χ2n) is 4.00. The van der Waals surface area contributed by atoms with Crippen LogP contribution in [0.25, 0.3) is 22.7 Å². The zero-order valence-electron chi connectivity index (χ0n) is 9.79. The number of nitrogens with one attached hydrogen (secondary N) is 1. The fraction of sp³-hybridized carbons (Fsp3) is 0.0909. The highest BCUT2D eigenvalue weighted by Crippen LogP contribution is 2.24. The maximum atomic E-state index is 10.8. The Labute approximate surface area is 112 Å². The van der Waals surface area contributed by atoms with Crippen molar-refractivity contribution < 1.29 is 4.92 Å². The first-order valence-electron chi connectivity index (χ1n) is 5.38. The van der Waals surface area contributed by atoms with Gasteiger partial charge in [-0.05, 0) is 23.1 Å². The molecule has 0 aliphatic carbocycles. The van der Waals surface area contributed by atoms with Gasteiger partial charge in [0.2, 0.25) is 0 Å². The van der Waals surface area contributed by atoms with Gasteiger partial charge in [-0.3, -0.25) is 0 Å². The molecule has 0 aliphatic rings. The van der Waals surface area contributed by atoms with Crippen LogP contribution < -0.4 is 0 Å². The summed E-state index contributed by atoms with van der Waals surface area (Å²) in [5.41, 5.74) is 1.48. The molecule has 0 bridgehead atoms. The van der Waals surface area contributed by atoms with Gasteiger partial charge in [0.15, 0.2) is 5.82 Å². The lowest BCUT2D eigenvalue weighted by molar-refractivity contribution is -0.391. The van der Waals surface area contributed by atoms with Crippen LogP contribution in [-0.2, 0) is 7.05 Å². The number of H-pyrrole nitrogens is 1. The van der Waals surface area contributed by atoms with Gasteiger partial charge in [0.1, 0.15) is 6.20 Å². The summed E-state index contributed by atoms with van der Waals surface area (Å²) >= 11 is 5.89. The number of imidazole rings is 2. The van der Waals surface area contributed by atoms with Crippen LogP contribution in [0.4, 0.5) is 5.82 Å². The second-order valence-corrected chi connectivity index (χ2v) is 4.44. The average Bonchev–Trinajstić information content (AvgIpc) is 2.91. The topological polar surface area (TPSA) is 89.6 Å². The largest absolute Gasteiger partial charge is 0.358 e. The molecule has 2 heterocycles. The third-order valence-corrected chi connectivity index (χ3v) is 3.04. The van der Waals surface area contributed by atoms with Crippen LogP contribution in [0.5, 0.6) is 0 Å². The number of aromatic nitrogens is 4. The summed E-state index contributed by atoms with van der Waals surface area (Å²) in [5.74, 6) is 0.778. The fourth-order valence-electron chi connectivity index (χ4n) is 1.88. The Balaban J connectivity index is 2.16. The minimum atomic E-state index is -0.490. The quantitative estimate of drug-likeness (QED) is 0.576. The molecule has 3 rings (SSSR count). The monoisotopic (exact) mass is 277 g/mol. The molecular weight excluding hydrogens is 270 g/mol. The van der Waals surface area contributed by atoms with E-state index in [2.05, 4.69) is 15.0 Å². The number of hydrogen-bond donors (Lipinski definition) is 1. The molecule has 0 saturated carbocycles. The second kappa shape index (κ2) is 4.06. The third kappa shape index (κ3) is 1.84. The van der Waals surface area contributed by atoms with Gasteiger partial charge < -0.3 is 15.1 Å². The van der Waals surface area contributed by atoms with Crippen molar-refractivity contribution in [2.24, 2.45) is 7.05 Å². The molecule has 1 N–H and O–H groups in total. The Hall–Kier alpha value is -2.41. The van der Waals surface area contributed by atoms with Gasteiger partial charge >= 0.3 is 5.82 Å². The summed E-state index contributed by atoms with van der Waals surface area (Å²) in [5, 5.41) is 11.4. The summed E-state index contributed by atoms with van der Waals surface area (Å²) in [7, 11) is 1.57. The molecule has 0 aliphatic heterocycles. The van der Waals surface area contributed by atoms with Crippen LogP contribution in [0.3, 0.4) is 0 Å². The Morgan fingerprint density at radius 1 is 1.47 bits per heavy atom. The normalized spacial score (nSPS) is 11.1. The molecule has 96 valence electrons. The van der Waals surface area contributed by atoms with Gasteiger partial charge in [0.25, 0.3) is 5.82 Å². The van der Waals surface area contributed by atoms with Crippen LogP contribution in [-0.4, -0.2) is 24.4 Å². The minimum Gasteiger partial charge on any atom is -0.358 e. The van der Waals surface area contributed by atoms with Crippen molar-refractivity contribution >= 4 is 28.5 Å². The van der Waals surface area contributed by atoms with Crippen molar-refractivity contribution in [2.45, 2.75) is 0 Å². The van der Waals surface area contributed by atoms with E-state index in [4.69, 9.17) is 11.6 Å². The number of rotatable bonds is 2. The van der Waals surface area contributed by atoms with Crippen molar-refractivity contribution in [1.29, 1.82) is 0 Å². The lowest BCUT2D eigenvalue weighted by Crippen LogP contribution is -1.99. The average molecular weight is 278 g/mol. The van der Waals surface area contributed by atoms with Crippen LogP contribution in [0.2, 0.25) is 5.02 Å². The zero-order chi connectivity index (χ0) is 13.6. The maximum absolute atomic E-state index is 10.8. The fourth-order valence-corrected chi connectivity index (χ4v) is 2.04. The maximum Gasteiger partial charge on any atom is 0.343 e. The van der Waals surface area contributed by atoms with E-state index in [0.717, 1.165) is 5.52 Å². The number of aromatic amines is 1. The molecule has 7 nitrogen and oxygen atoms in total. The molecule has 0 saturated heterocycles. The number of hydrogen-bond acceptors (Lipinski definition) is 4. The van der Waals surface area contributed by atoms with E-state index in [1.807, 2.05) is 0 Å². The molecule has 19 heavy (non-hydrogen) atoms. The van der Waals surface area contributed by atoms with E-state index in [1.54, 1.807) is 25.2 Å². The number of nitro groups is 1. The third-order valence-electron chi connectivity index (χ3n) is 2.81. The molecule has 3 aromatic rings. The van der Waals surface area contributed by atoms with E-state index in [0.29, 0.717) is 22.2 Å². The van der Waals surface area contributed by atoms with Crippen molar-refractivity contribution in [3.8, 4) is 11.6 Å². The molecule has 0 atom stereocenters. The number of halogens is 1. The predicted molar refractivity (Wildman–Crippen MR) is 70.0 cm³/mol. The van der Waals surface area contributed by atoms with Crippen LogP contribution in [0.15, 0.2) is 24.4 Å². The highest BCUT2D eigenvalue weighted by atomic mass is 35.5. The van der Waals surface area contributed by atoms with Gasteiger partial charge in [0.05, 0.1) is 18.1 Å². The highest BCUT2D eigenvalue weighted by molar-refractivity contribution is 6.31. The molecule has 2 aromatic heterocycles. The first-order valence-corrected chi connectivity index (χ1v) is 5.76. The van der Waals surface area contributed by atoms with Crippen molar-refractivity contribution in [2.75, 3.05) is 0 Å². The molecule has 1 aromatic carbocycles. The van der Waals surface area contributed by atoms with Gasteiger partial charge in [-0.25, -0.2) is 14.5 Å². The van der Waals surface area contributed by atoms with E-state index in [-0.39, 0.29) is 5.82 Å². The minimum absolute atomic E-state index is 0.0894. The first kappa shape index (κ1) is 11.7. The standard InChI is InChI=1S/C11H8ClN5O2/c1-16-9(17(18)19)5-13-11(16)10-14-7-3-2-6(12)4-8(7)15-10/h2-5H,1H3,(H,14,15). The molecule has 0 unspecified atom stereocenters. The number of fused-ring (bicyclic) bond motifs is 1. The lowest BCUT2D eigenvalue weighted by Gasteiger charge is -1.95. The number of benzene rings is 1. The lowest BCUT2D eigenvalue weighted by atomic mass is 10.3. The molecule has 0 radical (unpaired) electrons. The Morgan fingerprint density at radius 3 is 2.95 bits per heavy atom. The van der Waals surface area contributed by atoms with Crippen molar-refractivity contribution in [3.05, 3.63) is 39.5 Å². The summed E-state index contributed by atoms with van der Waals surface area (Å²) < 4.78 is 1.37. The van der Waals surface area contributed by atoms with E-state index >= 15 is 0 Å². The van der Waals surface area contributed by atoms with Crippen molar-refractivity contribution in [1.82, 2.24) is 19.5 Å². The zero-order valence-corrected chi connectivity index (χ0v) is 10.5. The smallest absolute Gasteiger partial charge is 0.343 e. The van der Waals surface area contributed by atoms with Crippen LogP contribution >= 0.6 is 11.6 Å². The molecule has 8 heteroatoms. The molecule has 0 amide bonds. The van der Waals surface area contributed by atoms with E-state index in [9.17, 15) is 10.1 Å². The molecular formula is C11H8ClN5O2. The van der Waals surface area contributed by atoms with Crippen LogP contribution in [0, 0.1) is 10.1 Å². The summed E-state index contributed by atoms with van der Waals surface area (Å²) in [6, 6.07) is 5.26. The Morgan fingerprint density at radius 2 is 2.26 bits per heavy atom. The summed E-state index contributed by atoms with van der Waals surface area (Å²) in [4.78, 5) is 21.7. The van der Waals surface area contributed by atoms with E-state index in [1.165, 1.54) is 10.8 Å². The Kier molecular flexibility index (Phi) is 2.49. The van der Waals surface area contributed by atoms with Gasteiger partial charge in [-0.15, -0.1) is 0 Å². The number of nitrogens with zero attached hydrogens (tertiary/aromatic N) is 4. The first-order chi connectivity index (χ1) is 9.06. The predicted octanol–water partition coefficient (Wildman–Crippen LogP) is 2.52. The van der Waals surface area contributed by atoms with Gasteiger partial charge in [-0.1, -0.05) is 11.6 Å². The Bertz CT molecular complexity index is 792. The van der Waals surface area contributed by atoms with Crippen molar-refractivity contribution in [3.63, 3.8) is 0 Å². The van der Waals surface area contributed by atoms with Gasteiger partial charge in [0, 0.05) is 5.02 Å². The van der Waals surface area contributed by atoms with Crippen LogP contribution in [0.1, 0.15) is 0 Å². The summed E-state index contributed by atoms with van der Waals surface area (Å²) in [6.45, 7) is 0. The SMILES string of the molecule is Cn1c([N+](=O)[O-])cnc1-c1nc2cc(Cl)ccc2[nH]1. The highest BCUT2D eigenvalue weighted by Gasteiger charge is 2.20. The molecule has 0 spiro atoms. The van der Waals surface area contributed by atoms with E-state index < -0.39 is 4.92 Å². The van der Waals surface area contributed by atoms with Gasteiger partial charge in [-0.2, -0.15) is 0 Å². The molecule has 0 fully saturated rings.